The van der Waals surface area contributed by atoms with Crippen molar-refractivity contribution in [1.29, 1.82) is 0 Å². The van der Waals surface area contributed by atoms with Gasteiger partial charge in [0.25, 0.3) is 0 Å². The molecule has 1 heterocycles. The third kappa shape index (κ3) is 6.47. The van der Waals surface area contributed by atoms with Gasteiger partial charge in [0.1, 0.15) is 48.0 Å². The van der Waals surface area contributed by atoms with Crippen LogP contribution in [0.4, 0.5) is 0 Å². The van der Waals surface area contributed by atoms with Crippen molar-refractivity contribution in [3.05, 3.63) is 148 Å². The second kappa shape index (κ2) is 12.4. The number of fused-ring (bicyclic) bond motifs is 1. The van der Waals surface area contributed by atoms with Gasteiger partial charge in [-0.2, -0.15) is 0 Å². The van der Waals surface area contributed by atoms with E-state index < -0.39 is 5.43 Å². The maximum absolute atomic E-state index is 13.0. The number of hydrogen-bond donors (Lipinski definition) is 2. The number of rotatable bonds is 10. The molecule has 0 saturated carbocycles. The topological polar surface area (TPSA) is 98.4 Å². The number of hydrogen-bond acceptors (Lipinski definition) is 7. The van der Waals surface area contributed by atoms with Gasteiger partial charge in [-0.05, 0) is 28.8 Å². The SMILES string of the molecule is O=c1cc(-c2cc(OCc3ccccc3)c(OCc3ccccc3)c(OCc3ccccc3)c2)oc2cc(O)cc(O)c12. The van der Waals surface area contributed by atoms with Gasteiger partial charge in [0.15, 0.2) is 16.9 Å². The van der Waals surface area contributed by atoms with Gasteiger partial charge >= 0.3 is 0 Å². The summed E-state index contributed by atoms with van der Waals surface area (Å²) < 4.78 is 25.0. The zero-order chi connectivity index (χ0) is 29.6. The molecule has 0 amide bonds. The minimum atomic E-state index is -0.461. The predicted octanol–water partition coefficient (Wildman–Crippen LogP) is 7.61. The van der Waals surface area contributed by atoms with E-state index in [4.69, 9.17) is 18.6 Å². The van der Waals surface area contributed by atoms with Crippen molar-refractivity contribution in [1.82, 2.24) is 0 Å². The van der Waals surface area contributed by atoms with Gasteiger partial charge in [0.2, 0.25) is 5.75 Å². The second-order valence-electron chi connectivity index (χ2n) is 9.94. The maximum atomic E-state index is 13.0. The summed E-state index contributed by atoms with van der Waals surface area (Å²) >= 11 is 0. The summed E-state index contributed by atoms with van der Waals surface area (Å²) in [4.78, 5) is 13.0. The van der Waals surface area contributed by atoms with Gasteiger partial charge in [0, 0.05) is 23.8 Å². The van der Waals surface area contributed by atoms with Crippen molar-refractivity contribution in [3.8, 4) is 40.1 Å². The summed E-state index contributed by atoms with van der Waals surface area (Å²) in [6.45, 7) is 0.786. The molecule has 0 unspecified atom stereocenters. The molecule has 0 saturated heterocycles. The van der Waals surface area contributed by atoms with E-state index in [9.17, 15) is 15.0 Å². The van der Waals surface area contributed by atoms with E-state index in [0.717, 1.165) is 22.8 Å². The van der Waals surface area contributed by atoms with E-state index in [1.54, 1.807) is 12.1 Å². The molecule has 0 atom stereocenters. The molecule has 6 aromatic rings. The van der Waals surface area contributed by atoms with Crippen molar-refractivity contribution in [2.45, 2.75) is 19.8 Å². The fraction of sp³-hybridized carbons (Fsp3) is 0.0833. The second-order valence-corrected chi connectivity index (χ2v) is 9.94. The minimum Gasteiger partial charge on any atom is -0.508 e. The lowest BCUT2D eigenvalue weighted by molar-refractivity contribution is 0.230. The Morgan fingerprint density at radius 1 is 0.581 bits per heavy atom. The molecule has 214 valence electrons. The van der Waals surface area contributed by atoms with Crippen LogP contribution >= 0.6 is 0 Å². The highest BCUT2D eigenvalue weighted by Gasteiger charge is 2.20. The van der Waals surface area contributed by atoms with Crippen LogP contribution in [-0.4, -0.2) is 10.2 Å². The first-order valence-corrected chi connectivity index (χ1v) is 13.7. The number of phenolic OH excluding ortho intramolecular Hbond substituents is 2. The van der Waals surface area contributed by atoms with Gasteiger partial charge in [-0.15, -0.1) is 0 Å². The third-order valence-corrected chi connectivity index (χ3v) is 6.80. The van der Waals surface area contributed by atoms with Crippen molar-refractivity contribution in [2.75, 3.05) is 0 Å². The van der Waals surface area contributed by atoms with Crippen LogP contribution in [0.1, 0.15) is 16.7 Å². The van der Waals surface area contributed by atoms with E-state index in [0.29, 0.717) is 22.8 Å². The molecule has 43 heavy (non-hydrogen) atoms. The molecule has 2 N–H and O–H groups in total. The molecule has 7 nitrogen and oxygen atoms in total. The first kappa shape index (κ1) is 27.5. The number of phenols is 2. The van der Waals surface area contributed by atoms with Gasteiger partial charge in [0.05, 0.1) is 0 Å². The van der Waals surface area contributed by atoms with Gasteiger partial charge in [-0.3, -0.25) is 4.79 Å². The molecule has 7 heteroatoms. The van der Waals surface area contributed by atoms with Gasteiger partial charge in [-0.25, -0.2) is 0 Å². The van der Waals surface area contributed by atoms with Crippen LogP contribution in [0, 0.1) is 0 Å². The molecule has 6 rings (SSSR count). The van der Waals surface area contributed by atoms with E-state index in [1.165, 1.54) is 12.1 Å². The van der Waals surface area contributed by atoms with E-state index in [2.05, 4.69) is 0 Å². The summed E-state index contributed by atoms with van der Waals surface area (Å²) in [5.74, 6) is 0.792. The Morgan fingerprint density at radius 3 is 1.58 bits per heavy atom. The van der Waals surface area contributed by atoms with Crippen molar-refractivity contribution < 1.29 is 28.8 Å². The van der Waals surface area contributed by atoms with E-state index in [-0.39, 0.29) is 48.0 Å². The zero-order valence-electron chi connectivity index (χ0n) is 23.1. The highest BCUT2D eigenvalue weighted by molar-refractivity contribution is 5.86. The Bertz CT molecular complexity index is 1840. The quantitative estimate of drug-likeness (QED) is 0.174. The van der Waals surface area contributed by atoms with Crippen molar-refractivity contribution in [3.63, 3.8) is 0 Å². The van der Waals surface area contributed by atoms with Gasteiger partial charge in [-0.1, -0.05) is 91.0 Å². The molecule has 5 aromatic carbocycles. The lowest BCUT2D eigenvalue weighted by atomic mass is 10.1. The lowest BCUT2D eigenvalue weighted by Crippen LogP contribution is -2.05. The average Bonchev–Trinajstić information content (AvgIpc) is 3.03. The van der Waals surface area contributed by atoms with Crippen LogP contribution in [0.3, 0.4) is 0 Å². The van der Waals surface area contributed by atoms with Crippen LogP contribution in [0.2, 0.25) is 0 Å². The Morgan fingerprint density at radius 2 is 1.07 bits per heavy atom. The van der Waals surface area contributed by atoms with Crippen molar-refractivity contribution in [2.24, 2.45) is 0 Å². The van der Waals surface area contributed by atoms with Crippen LogP contribution in [0.5, 0.6) is 28.7 Å². The first-order valence-electron chi connectivity index (χ1n) is 13.7. The first-order chi connectivity index (χ1) is 21.0. The summed E-state index contributed by atoms with van der Waals surface area (Å²) in [6, 6.07) is 36.4. The molecular weight excluding hydrogens is 544 g/mol. The Kier molecular flexibility index (Phi) is 7.95. The van der Waals surface area contributed by atoms with Crippen molar-refractivity contribution >= 4 is 11.0 Å². The summed E-state index contributed by atoms with van der Waals surface area (Å²) in [5, 5.41) is 20.2. The largest absolute Gasteiger partial charge is 0.508 e. The molecule has 0 aliphatic heterocycles. The fourth-order valence-electron chi connectivity index (χ4n) is 4.67. The number of ether oxygens (including phenoxy) is 3. The highest BCUT2D eigenvalue weighted by atomic mass is 16.5. The molecule has 0 radical (unpaired) electrons. The number of benzene rings is 5. The molecular formula is C36H28O7. The van der Waals surface area contributed by atoms with Crippen LogP contribution in [0.15, 0.2) is 131 Å². The predicted molar refractivity (Wildman–Crippen MR) is 164 cm³/mol. The lowest BCUT2D eigenvalue weighted by Gasteiger charge is -2.19. The zero-order valence-corrected chi connectivity index (χ0v) is 23.1. The van der Waals surface area contributed by atoms with Crippen LogP contribution < -0.4 is 19.6 Å². The molecule has 0 spiro atoms. The highest BCUT2D eigenvalue weighted by Crippen LogP contribution is 2.43. The Labute approximate surface area is 247 Å². The molecule has 0 bridgehead atoms. The smallest absolute Gasteiger partial charge is 0.203 e. The minimum absolute atomic E-state index is 0.0227. The summed E-state index contributed by atoms with van der Waals surface area (Å²) in [7, 11) is 0. The average molecular weight is 573 g/mol. The Hall–Kier alpha value is -5.69. The third-order valence-electron chi connectivity index (χ3n) is 6.80. The van der Waals surface area contributed by atoms with Crippen LogP contribution in [0.25, 0.3) is 22.3 Å². The molecule has 0 aliphatic carbocycles. The summed E-state index contributed by atoms with van der Waals surface area (Å²) in [6.07, 6.45) is 0. The Balaban J connectivity index is 1.46. The van der Waals surface area contributed by atoms with Crippen LogP contribution in [-0.2, 0) is 19.8 Å². The fourth-order valence-corrected chi connectivity index (χ4v) is 4.67. The monoisotopic (exact) mass is 572 g/mol. The van der Waals surface area contributed by atoms with Gasteiger partial charge < -0.3 is 28.8 Å². The number of aromatic hydroxyl groups is 2. The summed E-state index contributed by atoms with van der Waals surface area (Å²) in [5.41, 5.74) is 2.95. The van der Waals surface area contributed by atoms with E-state index in [1.807, 2.05) is 91.0 Å². The molecule has 0 aliphatic rings. The normalized spacial score (nSPS) is 10.9. The van der Waals surface area contributed by atoms with E-state index >= 15 is 0 Å². The molecule has 0 fully saturated rings. The molecule has 1 aromatic heterocycles. The standard InChI is InChI=1S/C36H28O7/c37-28-18-29(38)35-30(39)20-31(43-32(35)19-28)27-16-33(40-21-24-10-4-1-5-11-24)36(42-23-26-14-8-3-9-15-26)34(17-27)41-22-25-12-6-2-7-13-25/h1-20,37-38H,21-23H2. The maximum Gasteiger partial charge on any atom is 0.203 e.